The Morgan fingerprint density at radius 3 is 2.66 bits per heavy atom. The van der Waals surface area contributed by atoms with Crippen LogP contribution in [0.25, 0.3) is 0 Å². The first-order chi connectivity index (χ1) is 15.2. The summed E-state index contributed by atoms with van der Waals surface area (Å²) in [6, 6.07) is 10.2. The van der Waals surface area contributed by atoms with Crippen molar-refractivity contribution < 1.29 is 22.6 Å². The van der Waals surface area contributed by atoms with Gasteiger partial charge in [0, 0.05) is 38.5 Å². The first-order valence-electron chi connectivity index (χ1n) is 9.44. The second-order valence-electron chi connectivity index (χ2n) is 7.02. The highest BCUT2D eigenvalue weighted by Gasteiger charge is 2.30. The average molecular weight is 443 g/mol. The molecule has 0 amide bonds. The zero-order chi connectivity index (χ0) is 22.9. The Labute approximate surface area is 180 Å². The van der Waals surface area contributed by atoms with Crippen LogP contribution in [0, 0.1) is 11.3 Å². The summed E-state index contributed by atoms with van der Waals surface area (Å²) in [6.45, 7) is 1.33. The van der Waals surface area contributed by atoms with Crippen LogP contribution in [0.5, 0.6) is 17.5 Å². The third-order valence-electron chi connectivity index (χ3n) is 4.85. The van der Waals surface area contributed by atoms with E-state index in [0.29, 0.717) is 30.7 Å². The van der Waals surface area contributed by atoms with Gasteiger partial charge in [0.05, 0.1) is 11.1 Å². The van der Waals surface area contributed by atoms with Crippen molar-refractivity contribution >= 4 is 5.82 Å². The molecule has 0 spiro atoms. The highest BCUT2D eigenvalue weighted by Crippen LogP contribution is 2.31. The number of nitrogens with zero attached hydrogens (tertiary/aromatic N) is 5. The van der Waals surface area contributed by atoms with E-state index in [1.807, 2.05) is 18.0 Å². The van der Waals surface area contributed by atoms with Crippen molar-refractivity contribution in [1.29, 1.82) is 5.26 Å². The Kier molecular flexibility index (Phi) is 5.44. The second-order valence-corrected chi connectivity index (χ2v) is 7.02. The number of aromatic nitrogens is 3. The van der Waals surface area contributed by atoms with Crippen molar-refractivity contribution in [2.75, 3.05) is 18.5 Å². The number of nitriles is 1. The molecular weight excluding hydrogens is 427 g/mol. The Balaban J connectivity index is 1.47. The topological polar surface area (TPSA) is 93.3 Å². The summed E-state index contributed by atoms with van der Waals surface area (Å²) in [5, 5.41) is 9.43. The summed E-state index contributed by atoms with van der Waals surface area (Å²) in [5.74, 6) is 0.942. The standard InChI is InChI=1S/C21H16F3N5O3/c1-28-6-7-29-19(28)9-18(27-20(29)30)31-12-13-2-4-16(14(8-13)10-25)32-17-5-3-15(11-26-17)21(22,23)24/h2-5,8-9,11H,6-7,12H2,1H3. The average Bonchev–Trinajstić information content (AvgIpc) is 3.14. The van der Waals surface area contributed by atoms with Crippen molar-refractivity contribution in [3.8, 4) is 23.6 Å². The molecule has 3 heterocycles. The number of likely N-dealkylation sites (N-methyl/N-ethyl adjacent to an activating group) is 1. The van der Waals surface area contributed by atoms with Gasteiger partial charge < -0.3 is 14.4 Å². The van der Waals surface area contributed by atoms with Crippen LogP contribution in [0.1, 0.15) is 16.7 Å². The summed E-state index contributed by atoms with van der Waals surface area (Å²) in [6.07, 6.45) is -3.84. The van der Waals surface area contributed by atoms with Crippen LogP contribution in [0.3, 0.4) is 0 Å². The van der Waals surface area contributed by atoms with Crippen LogP contribution < -0.4 is 20.1 Å². The maximum atomic E-state index is 12.7. The number of pyridine rings is 1. The van der Waals surface area contributed by atoms with Gasteiger partial charge in [-0.1, -0.05) is 6.07 Å². The van der Waals surface area contributed by atoms with Gasteiger partial charge in [0.15, 0.2) is 0 Å². The number of halogens is 3. The van der Waals surface area contributed by atoms with Crippen LogP contribution in [-0.2, 0) is 19.3 Å². The van der Waals surface area contributed by atoms with E-state index in [-0.39, 0.29) is 29.7 Å². The molecule has 1 aliphatic rings. The lowest BCUT2D eigenvalue weighted by Gasteiger charge is -2.13. The van der Waals surface area contributed by atoms with E-state index in [2.05, 4.69) is 9.97 Å². The Morgan fingerprint density at radius 1 is 1.16 bits per heavy atom. The summed E-state index contributed by atoms with van der Waals surface area (Å²) in [7, 11) is 1.87. The highest BCUT2D eigenvalue weighted by atomic mass is 19.4. The van der Waals surface area contributed by atoms with Gasteiger partial charge in [0.25, 0.3) is 0 Å². The van der Waals surface area contributed by atoms with Gasteiger partial charge in [0.1, 0.15) is 24.2 Å². The zero-order valence-electron chi connectivity index (χ0n) is 16.8. The van der Waals surface area contributed by atoms with Crippen molar-refractivity contribution in [3.63, 3.8) is 0 Å². The molecule has 0 N–H and O–H groups in total. The molecule has 32 heavy (non-hydrogen) atoms. The van der Waals surface area contributed by atoms with E-state index in [1.165, 1.54) is 12.1 Å². The van der Waals surface area contributed by atoms with Gasteiger partial charge in [-0.25, -0.2) is 9.78 Å². The first-order valence-corrected chi connectivity index (χ1v) is 9.44. The predicted octanol–water partition coefficient (Wildman–Crippen LogP) is 3.35. The minimum Gasteiger partial charge on any atom is -0.473 e. The molecule has 164 valence electrons. The van der Waals surface area contributed by atoms with E-state index in [0.717, 1.165) is 12.1 Å². The van der Waals surface area contributed by atoms with E-state index in [9.17, 15) is 23.2 Å². The van der Waals surface area contributed by atoms with Crippen molar-refractivity contribution in [2.24, 2.45) is 0 Å². The first kappa shape index (κ1) is 21.2. The molecule has 4 rings (SSSR count). The molecule has 1 aliphatic heterocycles. The molecule has 0 aliphatic carbocycles. The second kappa shape index (κ2) is 8.22. The molecule has 0 bridgehead atoms. The fraction of sp³-hybridized carbons (Fsp3) is 0.238. The van der Waals surface area contributed by atoms with Crippen LogP contribution >= 0.6 is 0 Å². The van der Waals surface area contributed by atoms with Crippen LogP contribution in [0.4, 0.5) is 19.0 Å². The fourth-order valence-electron chi connectivity index (χ4n) is 3.16. The van der Waals surface area contributed by atoms with Crippen molar-refractivity contribution in [3.05, 3.63) is 69.8 Å². The maximum absolute atomic E-state index is 12.7. The van der Waals surface area contributed by atoms with Crippen molar-refractivity contribution in [1.82, 2.24) is 14.5 Å². The number of hydrogen-bond donors (Lipinski definition) is 0. The molecular formula is C21H16F3N5O3. The predicted molar refractivity (Wildman–Crippen MR) is 107 cm³/mol. The van der Waals surface area contributed by atoms with E-state index >= 15 is 0 Å². The third kappa shape index (κ3) is 4.34. The number of alkyl halides is 3. The molecule has 1 aromatic carbocycles. The number of fused-ring (bicyclic) bond motifs is 1. The van der Waals surface area contributed by atoms with Gasteiger partial charge >= 0.3 is 11.9 Å². The molecule has 2 aromatic heterocycles. The number of ether oxygens (including phenoxy) is 2. The number of anilines is 1. The van der Waals surface area contributed by atoms with Gasteiger partial charge in [-0.3, -0.25) is 4.57 Å². The van der Waals surface area contributed by atoms with Gasteiger partial charge in [0.2, 0.25) is 11.8 Å². The summed E-state index contributed by atoms with van der Waals surface area (Å²) in [5.41, 5.74) is -0.532. The monoisotopic (exact) mass is 443 g/mol. The molecule has 3 aromatic rings. The minimum absolute atomic E-state index is 0.0487. The molecule has 0 saturated heterocycles. The Hall–Kier alpha value is -4.07. The lowest BCUT2D eigenvalue weighted by molar-refractivity contribution is -0.137. The highest BCUT2D eigenvalue weighted by molar-refractivity contribution is 5.47. The van der Waals surface area contributed by atoms with E-state index in [1.54, 1.807) is 16.7 Å². The quantitative estimate of drug-likeness (QED) is 0.597. The Morgan fingerprint density at radius 2 is 1.97 bits per heavy atom. The molecule has 0 unspecified atom stereocenters. The molecule has 11 heteroatoms. The summed E-state index contributed by atoms with van der Waals surface area (Å²) >= 11 is 0. The SMILES string of the molecule is CN1CCn2c1cc(OCc1ccc(Oc3ccc(C(F)(F)F)cn3)c(C#N)c1)nc2=O. The van der Waals surface area contributed by atoms with Gasteiger partial charge in [-0.15, -0.1) is 0 Å². The lowest BCUT2D eigenvalue weighted by atomic mass is 10.1. The molecule has 0 fully saturated rings. The summed E-state index contributed by atoms with van der Waals surface area (Å²) in [4.78, 5) is 21.6. The Bertz CT molecular complexity index is 1250. The van der Waals surface area contributed by atoms with E-state index in [4.69, 9.17) is 9.47 Å². The number of hydrogen-bond acceptors (Lipinski definition) is 7. The van der Waals surface area contributed by atoms with Crippen LogP contribution in [0.2, 0.25) is 0 Å². The smallest absolute Gasteiger partial charge is 0.417 e. The van der Waals surface area contributed by atoms with Crippen LogP contribution in [-0.4, -0.2) is 28.1 Å². The maximum Gasteiger partial charge on any atom is 0.417 e. The molecule has 0 atom stereocenters. The molecule has 8 nitrogen and oxygen atoms in total. The largest absolute Gasteiger partial charge is 0.473 e. The van der Waals surface area contributed by atoms with Crippen LogP contribution in [0.15, 0.2) is 47.4 Å². The molecule has 0 radical (unpaired) electrons. The normalized spacial score (nSPS) is 12.9. The zero-order valence-corrected chi connectivity index (χ0v) is 16.8. The number of benzene rings is 1. The number of rotatable bonds is 5. The fourth-order valence-corrected chi connectivity index (χ4v) is 3.16. The minimum atomic E-state index is -4.50. The third-order valence-corrected chi connectivity index (χ3v) is 4.85. The van der Waals surface area contributed by atoms with E-state index < -0.39 is 17.4 Å². The van der Waals surface area contributed by atoms with Crippen molar-refractivity contribution in [2.45, 2.75) is 19.3 Å². The molecule has 0 saturated carbocycles. The lowest BCUT2D eigenvalue weighted by Crippen LogP contribution is -2.22. The van der Waals surface area contributed by atoms with Gasteiger partial charge in [-0.05, 0) is 23.8 Å². The van der Waals surface area contributed by atoms with Gasteiger partial charge in [-0.2, -0.15) is 23.4 Å². The summed E-state index contributed by atoms with van der Waals surface area (Å²) < 4.78 is 50.6.